The standard InChI is InChI=1S/C8H6N2O4/c11-3-1-2-6-4-7(10(13)14)8(12)9-5-6/h4-5,11H,3H2,(H,9,12). The van der Waals surface area contributed by atoms with Gasteiger partial charge in [-0.05, 0) is 0 Å². The predicted molar refractivity (Wildman–Crippen MR) is 47.7 cm³/mol. The lowest BCUT2D eigenvalue weighted by Crippen LogP contribution is -2.10. The first-order chi connectivity index (χ1) is 6.65. The summed E-state index contributed by atoms with van der Waals surface area (Å²) in [4.78, 5) is 22.6. The fraction of sp³-hybridized carbons (Fsp3) is 0.125. The molecule has 0 amide bonds. The molecule has 0 saturated heterocycles. The lowest BCUT2D eigenvalue weighted by Gasteiger charge is -1.90. The fourth-order valence-electron chi connectivity index (χ4n) is 0.821. The van der Waals surface area contributed by atoms with E-state index in [0.717, 1.165) is 6.07 Å². The molecule has 72 valence electrons. The van der Waals surface area contributed by atoms with Crippen LogP contribution in [0.3, 0.4) is 0 Å². The molecule has 0 fully saturated rings. The highest BCUT2D eigenvalue weighted by atomic mass is 16.6. The molecule has 2 N–H and O–H groups in total. The summed E-state index contributed by atoms with van der Waals surface area (Å²) in [5.41, 5.74) is -1.05. The van der Waals surface area contributed by atoms with Crippen molar-refractivity contribution < 1.29 is 10.0 Å². The van der Waals surface area contributed by atoms with E-state index in [0.29, 0.717) is 0 Å². The molecule has 0 bridgehead atoms. The molecule has 1 aromatic rings. The molecule has 6 heteroatoms. The highest BCUT2D eigenvalue weighted by molar-refractivity contribution is 5.39. The van der Waals surface area contributed by atoms with Gasteiger partial charge in [0.1, 0.15) is 6.61 Å². The second kappa shape index (κ2) is 4.20. The summed E-state index contributed by atoms with van der Waals surface area (Å²) in [6.07, 6.45) is 1.25. The van der Waals surface area contributed by atoms with E-state index in [1.807, 2.05) is 0 Å². The first-order valence-electron chi connectivity index (χ1n) is 3.62. The van der Waals surface area contributed by atoms with E-state index in [1.54, 1.807) is 0 Å². The van der Waals surface area contributed by atoms with Gasteiger partial charge in [0.2, 0.25) is 0 Å². The normalized spacial score (nSPS) is 8.93. The van der Waals surface area contributed by atoms with Crippen molar-refractivity contribution in [1.29, 1.82) is 0 Å². The van der Waals surface area contributed by atoms with Crippen molar-refractivity contribution >= 4 is 5.69 Å². The molecule has 0 atom stereocenters. The molecule has 0 unspecified atom stereocenters. The summed E-state index contributed by atoms with van der Waals surface area (Å²) < 4.78 is 0. The molecular weight excluding hydrogens is 188 g/mol. The topological polar surface area (TPSA) is 96.2 Å². The number of hydrogen-bond donors (Lipinski definition) is 2. The predicted octanol–water partition coefficient (Wildman–Crippen LogP) is -0.373. The first-order valence-corrected chi connectivity index (χ1v) is 3.62. The Kier molecular flexibility index (Phi) is 2.99. The van der Waals surface area contributed by atoms with Crippen LogP contribution in [-0.4, -0.2) is 21.6 Å². The van der Waals surface area contributed by atoms with Crippen molar-refractivity contribution in [2.45, 2.75) is 0 Å². The molecule has 0 spiro atoms. The van der Waals surface area contributed by atoms with Crippen LogP contribution < -0.4 is 5.56 Å². The van der Waals surface area contributed by atoms with E-state index < -0.39 is 16.2 Å². The lowest BCUT2D eigenvalue weighted by atomic mass is 10.2. The van der Waals surface area contributed by atoms with Crippen LogP contribution in [0, 0.1) is 22.0 Å². The second-order valence-corrected chi connectivity index (χ2v) is 2.32. The highest BCUT2D eigenvalue weighted by Gasteiger charge is 2.11. The van der Waals surface area contributed by atoms with Crippen LogP contribution in [0.5, 0.6) is 0 Å². The van der Waals surface area contributed by atoms with Gasteiger partial charge in [-0.1, -0.05) is 11.8 Å². The smallest absolute Gasteiger partial charge is 0.335 e. The van der Waals surface area contributed by atoms with Gasteiger partial charge >= 0.3 is 11.2 Å². The van der Waals surface area contributed by atoms with E-state index in [4.69, 9.17) is 5.11 Å². The second-order valence-electron chi connectivity index (χ2n) is 2.32. The van der Waals surface area contributed by atoms with Gasteiger partial charge in [0, 0.05) is 17.8 Å². The number of H-pyrrole nitrogens is 1. The third-order valence-electron chi connectivity index (χ3n) is 1.39. The van der Waals surface area contributed by atoms with Gasteiger partial charge in [0.25, 0.3) is 0 Å². The Morgan fingerprint density at radius 1 is 1.64 bits per heavy atom. The zero-order valence-electron chi connectivity index (χ0n) is 6.98. The average Bonchev–Trinajstić information content (AvgIpc) is 2.16. The number of hydrogen-bond acceptors (Lipinski definition) is 4. The number of aromatic amines is 1. The minimum Gasteiger partial charge on any atom is -0.384 e. The molecule has 0 aliphatic rings. The molecule has 0 aliphatic carbocycles. The van der Waals surface area contributed by atoms with Crippen LogP contribution in [0.15, 0.2) is 17.1 Å². The van der Waals surface area contributed by atoms with Gasteiger partial charge in [-0.15, -0.1) is 0 Å². The van der Waals surface area contributed by atoms with Gasteiger partial charge < -0.3 is 10.1 Å². The minimum atomic E-state index is -0.789. The number of aliphatic hydroxyl groups excluding tert-OH is 1. The first kappa shape index (κ1) is 9.95. The molecule has 1 aromatic heterocycles. The Labute approximate surface area is 78.4 Å². The van der Waals surface area contributed by atoms with Crippen molar-refractivity contribution in [3.63, 3.8) is 0 Å². The number of rotatable bonds is 1. The summed E-state index contributed by atoms with van der Waals surface area (Å²) in [6.45, 7) is -0.340. The Bertz CT molecular complexity index is 466. The van der Waals surface area contributed by atoms with Crippen molar-refractivity contribution in [2.75, 3.05) is 6.61 Å². The molecule has 0 radical (unpaired) electrons. The number of aromatic nitrogens is 1. The maximum absolute atomic E-state index is 10.9. The summed E-state index contributed by atoms with van der Waals surface area (Å²) in [5.74, 6) is 4.75. The van der Waals surface area contributed by atoms with Crippen molar-refractivity contribution in [2.24, 2.45) is 0 Å². The Balaban J connectivity index is 3.20. The summed E-state index contributed by atoms with van der Waals surface area (Å²) in [7, 11) is 0. The maximum Gasteiger partial charge on any atom is 0.335 e. The molecule has 0 aromatic carbocycles. The third-order valence-corrected chi connectivity index (χ3v) is 1.39. The van der Waals surface area contributed by atoms with E-state index in [2.05, 4.69) is 16.8 Å². The monoisotopic (exact) mass is 194 g/mol. The SMILES string of the molecule is O=c1[nH]cc(C#CCO)cc1[N+](=O)[O-]. The van der Waals surface area contributed by atoms with Gasteiger partial charge in [-0.25, -0.2) is 0 Å². The van der Waals surface area contributed by atoms with Crippen LogP contribution in [0.2, 0.25) is 0 Å². The van der Waals surface area contributed by atoms with Crippen LogP contribution >= 0.6 is 0 Å². The van der Waals surface area contributed by atoms with Crippen LogP contribution in [-0.2, 0) is 0 Å². The van der Waals surface area contributed by atoms with Crippen LogP contribution in [0.4, 0.5) is 5.69 Å². The Hall–Kier alpha value is -2.13. The number of nitro groups is 1. The summed E-state index contributed by atoms with van der Waals surface area (Å²) >= 11 is 0. The number of nitrogens with one attached hydrogen (secondary N) is 1. The minimum absolute atomic E-state index is 0.283. The van der Waals surface area contributed by atoms with Gasteiger partial charge in [0.15, 0.2) is 0 Å². The number of pyridine rings is 1. The van der Waals surface area contributed by atoms with E-state index in [1.165, 1.54) is 6.20 Å². The largest absolute Gasteiger partial charge is 0.384 e. The van der Waals surface area contributed by atoms with Gasteiger partial charge in [-0.2, -0.15) is 0 Å². The molecule has 14 heavy (non-hydrogen) atoms. The third kappa shape index (κ3) is 2.18. The number of aliphatic hydroxyl groups is 1. The quantitative estimate of drug-likeness (QED) is 0.362. The lowest BCUT2D eigenvalue weighted by molar-refractivity contribution is -0.386. The highest BCUT2D eigenvalue weighted by Crippen LogP contribution is 2.04. The van der Waals surface area contributed by atoms with Gasteiger partial charge in [0.05, 0.1) is 4.92 Å². The van der Waals surface area contributed by atoms with Crippen molar-refractivity contribution in [3.8, 4) is 11.8 Å². The molecular formula is C8H6N2O4. The molecule has 0 saturated carbocycles. The molecule has 1 heterocycles. The Morgan fingerprint density at radius 2 is 2.36 bits per heavy atom. The fourth-order valence-corrected chi connectivity index (χ4v) is 0.821. The van der Waals surface area contributed by atoms with Crippen molar-refractivity contribution in [1.82, 2.24) is 4.98 Å². The van der Waals surface area contributed by atoms with E-state index in [9.17, 15) is 14.9 Å². The summed E-state index contributed by atoms with van der Waals surface area (Å²) in [5, 5.41) is 18.7. The Morgan fingerprint density at radius 3 is 2.93 bits per heavy atom. The van der Waals surface area contributed by atoms with Crippen LogP contribution in [0.25, 0.3) is 0 Å². The average molecular weight is 194 g/mol. The zero-order chi connectivity index (χ0) is 10.6. The number of nitrogens with zero attached hydrogens (tertiary/aromatic N) is 1. The van der Waals surface area contributed by atoms with Crippen LogP contribution in [0.1, 0.15) is 5.56 Å². The molecule has 6 nitrogen and oxygen atoms in total. The van der Waals surface area contributed by atoms with E-state index >= 15 is 0 Å². The molecule has 0 aliphatic heterocycles. The van der Waals surface area contributed by atoms with E-state index in [-0.39, 0.29) is 12.2 Å². The summed E-state index contributed by atoms with van der Waals surface area (Å²) in [6, 6.07) is 1.06. The molecule has 1 rings (SSSR count). The van der Waals surface area contributed by atoms with Crippen molar-refractivity contribution in [3.05, 3.63) is 38.3 Å². The zero-order valence-corrected chi connectivity index (χ0v) is 6.98. The maximum atomic E-state index is 10.9. The van der Waals surface area contributed by atoms with Gasteiger partial charge in [-0.3, -0.25) is 14.9 Å².